The molecule has 120 valence electrons. The van der Waals surface area contributed by atoms with Gasteiger partial charge in [0.05, 0.1) is 0 Å². The molecular formula is C18H18ClFN2O. The van der Waals surface area contributed by atoms with Crippen LogP contribution in [0.3, 0.4) is 0 Å². The molecule has 1 amide bonds. The third kappa shape index (κ3) is 4.09. The highest BCUT2D eigenvalue weighted by atomic mass is 35.5. The molecule has 0 aliphatic carbocycles. The summed E-state index contributed by atoms with van der Waals surface area (Å²) in [6.07, 6.45) is 0. The van der Waals surface area contributed by atoms with Crippen molar-refractivity contribution in [3.05, 3.63) is 70.5 Å². The predicted octanol–water partition coefficient (Wildman–Crippen LogP) is 3.44. The summed E-state index contributed by atoms with van der Waals surface area (Å²) in [6, 6.07) is 13.6. The number of carbonyl (C=O) groups is 1. The van der Waals surface area contributed by atoms with Gasteiger partial charge in [0.25, 0.3) is 5.91 Å². The lowest BCUT2D eigenvalue weighted by Gasteiger charge is -2.34. The fourth-order valence-corrected chi connectivity index (χ4v) is 2.86. The first kappa shape index (κ1) is 16.0. The van der Waals surface area contributed by atoms with Crippen molar-refractivity contribution >= 4 is 17.5 Å². The maximum atomic E-state index is 12.9. The smallest absolute Gasteiger partial charge is 0.253 e. The maximum Gasteiger partial charge on any atom is 0.253 e. The first-order valence-electron chi connectivity index (χ1n) is 7.63. The zero-order valence-corrected chi connectivity index (χ0v) is 13.5. The highest BCUT2D eigenvalue weighted by molar-refractivity contribution is 6.30. The van der Waals surface area contributed by atoms with Crippen molar-refractivity contribution < 1.29 is 9.18 Å². The molecule has 23 heavy (non-hydrogen) atoms. The van der Waals surface area contributed by atoms with Gasteiger partial charge in [-0.05, 0) is 42.0 Å². The second kappa shape index (κ2) is 7.11. The summed E-state index contributed by atoms with van der Waals surface area (Å²) in [4.78, 5) is 16.5. The minimum atomic E-state index is -0.325. The second-order valence-corrected chi connectivity index (χ2v) is 6.14. The lowest BCUT2D eigenvalue weighted by molar-refractivity contribution is 0.0628. The Morgan fingerprint density at radius 1 is 0.957 bits per heavy atom. The fourth-order valence-electron chi connectivity index (χ4n) is 2.73. The van der Waals surface area contributed by atoms with Gasteiger partial charge in [0.15, 0.2) is 0 Å². The van der Waals surface area contributed by atoms with Crippen LogP contribution in [0.1, 0.15) is 15.9 Å². The first-order chi connectivity index (χ1) is 11.1. The van der Waals surface area contributed by atoms with E-state index in [1.807, 2.05) is 29.2 Å². The monoisotopic (exact) mass is 332 g/mol. The molecule has 0 N–H and O–H groups in total. The van der Waals surface area contributed by atoms with E-state index in [0.29, 0.717) is 18.7 Å². The number of piperazine rings is 1. The molecule has 1 saturated heterocycles. The van der Waals surface area contributed by atoms with Gasteiger partial charge in [-0.15, -0.1) is 0 Å². The summed E-state index contributed by atoms with van der Waals surface area (Å²) in [5.74, 6) is -0.356. The molecule has 0 spiro atoms. The largest absolute Gasteiger partial charge is 0.336 e. The SMILES string of the molecule is O=C(c1ccc(F)cc1)N1CCN(Cc2ccc(Cl)cc2)CC1. The van der Waals surface area contributed by atoms with Crippen molar-refractivity contribution in [1.82, 2.24) is 9.80 Å². The zero-order valence-electron chi connectivity index (χ0n) is 12.7. The van der Waals surface area contributed by atoms with Gasteiger partial charge in [0, 0.05) is 43.3 Å². The van der Waals surface area contributed by atoms with Crippen LogP contribution in [-0.2, 0) is 6.54 Å². The number of rotatable bonds is 3. The molecule has 2 aromatic rings. The highest BCUT2D eigenvalue weighted by Gasteiger charge is 2.22. The quantitative estimate of drug-likeness (QED) is 0.859. The highest BCUT2D eigenvalue weighted by Crippen LogP contribution is 2.14. The molecule has 5 heteroatoms. The van der Waals surface area contributed by atoms with Gasteiger partial charge in [-0.1, -0.05) is 23.7 Å². The average molecular weight is 333 g/mol. The van der Waals surface area contributed by atoms with Crippen LogP contribution < -0.4 is 0 Å². The van der Waals surface area contributed by atoms with Crippen LogP contribution in [0.5, 0.6) is 0 Å². The van der Waals surface area contributed by atoms with Gasteiger partial charge in [0.1, 0.15) is 5.82 Å². The molecule has 2 aromatic carbocycles. The number of halogens is 2. The van der Waals surface area contributed by atoms with Crippen molar-refractivity contribution in [3.8, 4) is 0 Å². The van der Waals surface area contributed by atoms with E-state index in [2.05, 4.69) is 4.90 Å². The summed E-state index contributed by atoms with van der Waals surface area (Å²) in [5.41, 5.74) is 1.75. The lowest BCUT2D eigenvalue weighted by atomic mass is 10.1. The van der Waals surface area contributed by atoms with Crippen LogP contribution in [0, 0.1) is 5.82 Å². The molecule has 1 heterocycles. The number of hydrogen-bond donors (Lipinski definition) is 0. The molecule has 0 atom stereocenters. The van der Waals surface area contributed by atoms with E-state index in [-0.39, 0.29) is 11.7 Å². The van der Waals surface area contributed by atoms with Crippen molar-refractivity contribution in [1.29, 1.82) is 0 Å². The molecule has 0 bridgehead atoms. The van der Waals surface area contributed by atoms with Gasteiger partial charge in [-0.2, -0.15) is 0 Å². The van der Waals surface area contributed by atoms with Gasteiger partial charge in [-0.3, -0.25) is 9.69 Å². The Labute approximate surface area is 140 Å². The second-order valence-electron chi connectivity index (χ2n) is 5.70. The normalized spacial score (nSPS) is 15.7. The van der Waals surface area contributed by atoms with E-state index in [0.717, 1.165) is 24.7 Å². The summed E-state index contributed by atoms with van der Waals surface area (Å²) < 4.78 is 12.9. The van der Waals surface area contributed by atoms with Crippen LogP contribution in [-0.4, -0.2) is 41.9 Å². The maximum absolute atomic E-state index is 12.9. The average Bonchev–Trinajstić information content (AvgIpc) is 2.58. The Hall–Kier alpha value is -1.91. The fraction of sp³-hybridized carbons (Fsp3) is 0.278. The Morgan fingerprint density at radius 2 is 1.57 bits per heavy atom. The summed E-state index contributed by atoms with van der Waals surface area (Å²) >= 11 is 5.90. The van der Waals surface area contributed by atoms with E-state index in [4.69, 9.17) is 11.6 Å². The molecule has 1 aliphatic heterocycles. The summed E-state index contributed by atoms with van der Waals surface area (Å²) in [6.45, 7) is 3.88. The van der Waals surface area contributed by atoms with E-state index in [1.54, 1.807) is 0 Å². The first-order valence-corrected chi connectivity index (χ1v) is 8.01. The van der Waals surface area contributed by atoms with Crippen LogP contribution >= 0.6 is 11.6 Å². The number of carbonyl (C=O) groups excluding carboxylic acids is 1. The zero-order chi connectivity index (χ0) is 16.2. The number of nitrogens with zero attached hydrogens (tertiary/aromatic N) is 2. The number of hydrogen-bond acceptors (Lipinski definition) is 2. The Kier molecular flexibility index (Phi) is 4.94. The Bertz CT molecular complexity index is 664. The van der Waals surface area contributed by atoms with E-state index < -0.39 is 0 Å². The van der Waals surface area contributed by atoms with Crippen molar-refractivity contribution in [2.45, 2.75) is 6.54 Å². The molecule has 0 unspecified atom stereocenters. The topological polar surface area (TPSA) is 23.6 Å². The van der Waals surface area contributed by atoms with Crippen LogP contribution in [0.4, 0.5) is 4.39 Å². The van der Waals surface area contributed by atoms with Crippen molar-refractivity contribution in [2.75, 3.05) is 26.2 Å². The van der Waals surface area contributed by atoms with Crippen LogP contribution in [0.2, 0.25) is 5.02 Å². The lowest BCUT2D eigenvalue weighted by Crippen LogP contribution is -2.48. The Balaban J connectivity index is 1.54. The third-order valence-corrected chi connectivity index (χ3v) is 4.32. The molecule has 3 rings (SSSR count). The van der Waals surface area contributed by atoms with Gasteiger partial charge < -0.3 is 4.90 Å². The molecule has 0 radical (unpaired) electrons. The van der Waals surface area contributed by atoms with Crippen molar-refractivity contribution in [3.63, 3.8) is 0 Å². The predicted molar refractivity (Wildman–Crippen MR) is 89.0 cm³/mol. The number of amides is 1. The van der Waals surface area contributed by atoms with E-state index in [1.165, 1.54) is 29.8 Å². The summed E-state index contributed by atoms with van der Waals surface area (Å²) in [5, 5.41) is 0.739. The minimum Gasteiger partial charge on any atom is -0.336 e. The Morgan fingerprint density at radius 3 is 2.17 bits per heavy atom. The van der Waals surface area contributed by atoms with Crippen molar-refractivity contribution in [2.24, 2.45) is 0 Å². The van der Waals surface area contributed by atoms with E-state index >= 15 is 0 Å². The molecule has 3 nitrogen and oxygen atoms in total. The van der Waals surface area contributed by atoms with Crippen LogP contribution in [0.15, 0.2) is 48.5 Å². The van der Waals surface area contributed by atoms with Crippen LogP contribution in [0.25, 0.3) is 0 Å². The third-order valence-electron chi connectivity index (χ3n) is 4.07. The molecular weight excluding hydrogens is 315 g/mol. The summed E-state index contributed by atoms with van der Waals surface area (Å²) in [7, 11) is 0. The van der Waals surface area contributed by atoms with Gasteiger partial charge in [0.2, 0.25) is 0 Å². The molecule has 1 fully saturated rings. The molecule has 1 aliphatic rings. The van der Waals surface area contributed by atoms with Gasteiger partial charge >= 0.3 is 0 Å². The van der Waals surface area contributed by atoms with Gasteiger partial charge in [-0.25, -0.2) is 4.39 Å². The standard InChI is InChI=1S/C18H18ClFN2O/c19-16-5-1-14(2-6-16)13-21-9-11-22(12-10-21)18(23)15-3-7-17(20)8-4-15/h1-8H,9-13H2. The minimum absolute atomic E-state index is 0.0313. The number of benzene rings is 2. The van der Waals surface area contributed by atoms with E-state index in [9.17, 15) is 9.18 Å². The molecule has 0 aromatic heterocycles. The molecule has 0 saturated carbocycles.